The molecule has 0 aliphatic heterocycles. The number of hydrogen-bond acceptors (Lipinski definition) is 3. The van der Waals surface area contributed by atoms with Gasteiger partial charge in [-0.3, -0.25) is 9.59 Å². The average Bonchev–Trinajstić information content (AvgIpc) is 2.62. The molecule has 0 radical (unpaired) electrons. The van der Waals surface area contributed by atoms with Crippen LogP contribution >= 0.6 is 11.6 Å². The van der Waals surface area contributed by atoms with E-state index in [9.17, 15) is 9.59 Å². The number of carbonyl (C=O) groups is 1. The molecule has 2 aromatic carbocycles. The Morgan fingerprint density at radius 1 is 1.23 bits per heavy atom. The van der Waals surface area contributed by atoms with E-state index in [0.29, 0.717) is 41.0 Å². The zero-order chi connectivity index (χ0) is 18.5. The van der Waals surface area contributed by atoms with Crippen LogP contribution in [0.15, 0.2) is 53.3 Å². The number of fused-ring (bicyclic) bond motifs is 1. The number of nitrogens with zero attached hydrogens (tertiary/aromatic N) is 1. The number of amides is 1. The van der Waals surface area contributed by atoms with Gasteiger partial charge in [-0.05, 0) is 43.2 Å². The summed E-state index contributed by atoms with van der Waals surface area (Å²) in [5, 5.41) is 4.18. The third-order valence-corrected chi connectivity index (χ3v) is 4.44. The quantitative estimate of drug-likeness (QED) is 0.694. The molecule has 1 amide bonds. The predicted molar refractivity (Wildman–Crippen MR) is 103 cm³/mol. The third-order valence-electron chi connectivity index (χ3n) is 4.21. The van der Waals surface area contributed by atoms with E-state index in [0.717, 1.165) is 5.56 Å². The van der Waals surface area contributed by atoms with Crippen molar-refractivity contribution in [2.75, 3.05) is 0 Å². The molecule has 0 spiro atoms. The third kappa shape index (κ3) is 4.49. The van der Waals surface area contributed by atoms with Gasteiger partial charge >= 0.3 is 0 Å². The van der Waals surface area contributed by atoms with Gasteiger partial charge in [-0.25, -0.2) is 4.98 Å². The highest BCUT2D eigenvalue weighted by Crippen LogP contribution is 2.17. The molecule has 0 unspecified atom stereocenters. The molecule has 0 fully saturated rings. The highest BCUT2D eigenvalue weighted by Gasteiger charge is 2.10. The van der Waals surface area contributed by atoms with Crippen molar-refractivity contribution in [3.05, 3.63) is 75.3 Å². The smallest absolute Gasteiger partial charge is 0.258 e. The number of aryl methyl sites for hydroxylation is 1. The number of aromatic amines is 1. The van der Waals surface area contributed by atoms with Gasteiger partial charge in [0.05, 0.1) is 16.9 Å². The number of carbonyl (C=O) groups excluding carboxylic acids is 1. The summed E-state index contributed by atoms with van der Waals surface area (Å²) in [5.41, 5.74) is 1.49. The Balaban J connectivity index is 1.54. The highest BCUT2D eigenvalue weighted by molar-refractivity contribution is 6.30. The molecule has 1 heterocycles. The van der Waals surface area contributed by atoms with Crippen LogP contribution in [0, 0.1) is 0 Å². The number of aromatic nitrogens is 2. The fourth-order valence-electron chi connectivity index (χ4n) is 2.84. The van der Waals surface area contributed by atoms with Crippen LogP contribution in [0.25, 0.3) is 10.9 Å². The second-order valence-corrected chi connectivity index (χ2v) is 6.66. The summed E-state index contributed by atoms with van der Waals surface area (Å²) in [6, 6.07) is 14.5. The van der Waals surface area contributed by atoms with E-state index >= 15 is 0 Å². The Morgan fingerprint density at radius 2 is 2.04 bits per heavy atom. The number of hydrogen-bond donors (Lipinski definition) is 2. The summed E-state index contributed by atoms with van der Waals surface area (Å²) >= 11 is 5.98. The molecule has 2 N–H and O–H groups in total. The molecule has 3 rings (SSSR count). The van der Waals surface area contributed by atoms with Gasteiger partial charge in [0.15, 0.2) is 0 Å². The molecular formula is C20H20ClN3O2. The van der Waals surface area contributed by atoms with E-state index < -0.39 is 0 Å². The van der Waals surface area contributed by atoms with Crippen molar-refractivity contribution < 1.29 is 4.79 Å². The second kappa shape index (κ2) is 8.15. The summed E-state index contributed by atoms with van der Waals surface area (Å²) in [4.78, 5) is 31.4. The summed E-state index contributed by atoms with van der Waals surface area (Å²) in [7, 11) is 0. The lowest BCUT2D eigenvalue weighted by Gasteiger charge is -2.14. The van der Waals surface area contributed by atoms with Gasteiger partial charge in [-0.2, -0.15) is 0 Å². The number of para-hydroxylation sites is 1. The van der Waals surface area contributed by atoms with Gasteiger partial charge in [0.1, 0.15) is 5.82 Å². The molecule has 26 heavy (non-hydrogen) atoms. The molecular weight excluding hydrogens is 350 g/mol. The molecule has 0 saturated carbocycles. The summed E-state index contributed by atoms with van der Waals surface area (Å²) < 4.78 is 0. The van der Waals surface area contributed by atoms with Gasteiger partial charge in [-0.1, -0.05) is 35.9 Å². The standard InChI is InChI=1S/C20H20ClN3O2/c1-13(14-6-4-7-15(21)12-14)22-19(25)11-5-10-18-23-17-9-3-2-8-16(17)20(26)24-18/h2-4,6-9,12-13H,5,10-11H2,1H3,(H,22,25)(H,23,24,26)/t13-/m0/s1. The van der Waals surface area contributed by atoms with Crippen LogP contribution in [0.4, 0.5) is 0 Å². The predicted octanol–water partition coefficient (Wildman–Crippen LogP) is 3.78. The van der Waals surface area contributed by atoms with E-state index in [1.165, 1.54) is 0 Å². The monoisotopic (exact) mass is 369 g/mol. The molecule has 134 valence electrons. The van der Waals surface area contributed by atoms with Gasteiger partial charge in [0.2, 0.25) is 5.91 Å². The van der Waals surface area contributed by atoms with E-state index in [2.05, 4.69) is 15.3 Å². The van der Waals surface area contributed by atoms with Crippen LogP contribution in [0.2, 0.25) is 5.02 Å². The Bertz CT molecular complexity index is 984. The Morgan fingerprint density at radius 3 is 2.85 bits per heavy atom. The maximum atomic E-state index is 12.1. The molecule has 6 heteroatoms. The molecule has 1 atom stereocenters. The number of nitrogens with one attached hydrogen (secondary N) is 2. The van der Waals surface area contributed by atoms with Crippen LogP contribution in [-0.2, 0) is 11.2 Å². The first-order valence-corrected chi connectivity index (χ1v) is 8.93. The van der Waals surface area contributed by atoms with Crippen molar-refractivity contribution in [3.63, 3.8) is 0 Å². The van der Waals surface area contributed by atoms with Crippen molar-refractivity contribution >= 4 is 28.4 Å². The number of rotatable bonds is 6. The Kier molecular flexibility index (Phi) is 5.68. The topological polar surface area (TPSA) is 74.8 Å². The van der Waals surface area contributed by atoms with Gasteiger partial charge in [0.25, 0.3) is 5.56 Å². The fraction of sp³-hybridized carbons (Fsp3) is 0.250. The lowest BCUT2D eigenvalue weighted by molar-refractivity contribution is -0.121. The molecule has 0 saturated heterocycles. The molecule has 5 nitrogen and oxygen atoms in total. The first kappa shape index (κ1) is 18.1. The largest absolute Gasteiger partial charge is 0.350 e. The molecule has 0 bridgehead atoms. The van der Waals surface area contributed by atoms with E-state index in [1.54, 1.807) is 12.1 Å². The van der Waals surface area contributed by atoms with Crippen molar-refractivity contribution in [2.24, 2.45) is 0 Å². The van der Waals surface area contributed by atoms with Gasteiger partial charge in [0, 0.05) is 17.9 Å². The minimum absolute atomic E-state index is 0.0411. The zero-order valence-corrected chi connectivity index (χ0v) is 15.2. The van der Waals surface area contributed by atoms with Crippen LogP contribution in [0.5, 0.6) is 0 Å². The summed E-state index contributed by atoms with van der Waals surface area (Å²) in [6.45, 7) is 1.92. The van der Waals surface area contributed by atoms with Crippen molar-refractivity contribution in [1.82, 2.24) is 15.3 Å². The summed E-state index contributed by atoms with van der Waals surface area (Å²) in [5.74, 6) is 0.560. The van der Waals surface area contributed by atoms with Crippen molar-refractivity contribution in [3.8, 4) is 0 Å². The second-order valence-electron chi connectivity index (χ2n) is 6.23. The van der Waals surface area contributed by atoms with E-state index in [-0.39, 0.29) is 17.5 Å². The van der Waals surface area contributed by atoms with Gasteiger partial charge < -0.3 is 10.3 Å². The molecule has 3 aromatic rings. The van der Waals surface area contributed by atoms with Crippen molar-refractivity contribution in [1.29, 1.82) is 0 Å². The lowest BCUT2D eigenvalue weighted by atomic mass is 10.1. The van der Waals surface area contributed by atoms with Gasteiger partial charge in [-0.15, -0.1) is 0 Å². The minimum Gasteiger partial charge on any atom is -0.350 e. The van der Waals surface area contributed by atoms with Crippen LogP contribution in [0.1, 0.15) is 37.2 Å². The first-order chi connectivity index (χ1) is 12.5. The maximum absolute atomic E-state index is 12.1. The number of benzene rings is 2. The number of H-pyrrole nitrogens is 1. The Labute approximate surface area is 156 Å². The van der Waals surface area contributed by atoms with E-state index in [1.807, 2.05) is 43.3 Å². The maximum Gasteiger partial charge on any atom is 0.258 e. The normalized spacial score (nSPS) is 12.1. The highest BCUT2D eigenvalue weighted by atomic mass is 35.5. The average molecular weight is 370 g/mol. The molecule has 0 aliphatic rings. The van der Waals surface area contributed by atoms with E-state index in [4.69, 9.17) is 11.6 Å². The number of halogens is 1. The van der Waals surface area contributed by atoms with Crippen molar-refractivity contribution in [2.45, 2.75) is 32.2 Å². The lowest BCUT2D eigenvalue weighted by Crippen LogP contribution is -2.26. The van der Waals surface area contributed by atoms with Crippen LogP contribution < -0.4 is 10.9 Å². The van der Waals surface area contributed by atoms with Crippen LogP contribution in [-0.4, -0.2) is 15.9 Å². The molecule has 0 aliphatic carbocycles. The zero-order valence-electron chi connectivity index (χ0n) is 14.5. The Hall–Kier alpha value is -2.66. The fourth-order valence-corrected chi connectivity index (χ4v) is 3.04. The first-order valence-electron chi connectivity index (χ1n) is 8.55. The minimum atomic E-state index is -0.148. The molecule has 1 aromatic heterocycles. The SMILES string of the molecule is C[C@H](NC(=O)CCCc1nc2ccccc2c(=O)[nH]1)c1cccc(Cl)c1. The van der Waals surface area contributed by atoms with Crippen LogP contribution in [0.3, 0.4) is 0 Å². The summed E-state index contributed by atoms with van der Waals surface area (Å²) in [6.07, 6.45) is 1.51.